The molecule has 0 aliphatic carbocycles. The van der Waals surface area contributed by atoms with Crippen LogP contribution in [0.4, 0.5) is 0 Å². The predicted octanol–water partition coefficient (Wildman–Crippen LogP) is 0.945. The molecule has 0 bridgehead atoms. The summed E-state index contributed by atoms with van der Waals surface area (Å²) < 4.78 is 9.95. The van der Waals surface area contributed by atoms with Gasteiger partial charge in [0, 0.05) is 6.07 Å². The average Bonchev–Trinajstić information content (AvgIpc) is 2.87. The molecular weight excluding hydrogens is 222 g/mol. The highest BCUT2D eigenvalue weighted by molar-refractivity contribution is 5.47. The fourth-order valence-corrected chi connectivity index (χ4v) is 1.21. The molecule has 2 rings (SSSR count). The molecule has 0 aliphatic rings. The second-order valence-electron chi connectivity index (χ2n) is 3.43. The first kappa shape index (κ1) is 11.5. The molecule has 7 heteroatoms. The SMILES string of the molecule is CCC(N)c1nc(-c2ccc(OC)nn2)no1. The van der Waals surface area contributed by atoms with Crippen molar-refractivity contribution in [1.29, 1.82) is 0 Å². The van der Waals surface area contributed by atoms with Crippen LogP contribution in [0.5, 0.6) is 5.88 Å². The Morgan fingerprint density at radius 2 is 2.24 bits per heavy atom. The van der Waals surface area contributed by atoms with Gasteiger partial charge in [0.25, 0.3) is 0 Å². The molecule has 0 spiro atoms. The zero-order valence-corrected chi connectivity index (χ0v) is 9.62. The van der Waals surface area contributed by atoms with E-state index in [-0.39, 0.29) is 6.04 Å². The van der Waals surface area contributed by atoms with Gasteiger partial charge in [0.15, 0.2) is 0 Å². The summed E-state index contributed by atoms with van der Waals surface area (Å²) in [4.78, 5) is 4.16. The van der Waals surface area contributed by atoms with Gasteiger partial charge in [0.2, 0.25) is 17.6 Å². The fraction of sp³-hybridized carbons (Fsp3) is 0.400. The molecule has 0 saturated heterocycles. The van der Waals surface area contributed by atoms with Crippen molar-refractivity contribution in [1.82, 2.24) is 20.3 Å². The molecule has 1 atom stereocenters. The second kappa shape index (κ2) is 4.88. The summed E-state index contributed by atoms with van der Waals surface area (Å²) in [6.45, 7) is 1.95. The van der Waals surface area contributed by atoms with Crippen LogP contribution in [0.2, 0.25) is 0 Å². The minimum atomic E-state index is -0.248. The molecule has 1 unspecified atom stereocenters. The van der Waals surface area contributed by atoms with Gasteiger partial charge in [-0.25, -0.2) is 0 Å². The molecule has 0 aliphatic heterocycles. The smallest absolute Gasteiger partial charge is 0.243 e. The molecule has 90 valence electrons. The number of nitrogens with two attached hydrogens (primary N) is 1. The predicted molar refractivity (Wildman–Crippen MR) is 59.1 cm³/mol. The molecule has 0 radical (unpaired) electrons. The molecule has 2 heterocycles. The van der Waals surface area contributed by atoms with Crippen molar-refractivity contribution in [3.63, 3.8) is 0 Å². The van der Waals surface area contributed by atoms with E-state index >= 15 is 0 Å². The number of nitrogens with zero attached hydrogens (tertiary/aromatic N) is 4. The summed E-state index contributed by atoms with van der Waals surface area (Å²) in [5, 5.41) is 11.5. The maximum Gasteiger partial charge on any atom is 0.243 e. The van der Waals surface area contributed by atoms with E-state index in [1.807, 2.05) is 6.92 Å². The van der Waals surface area contributed by atoms with Gasteiger partial charge in [0.1, 0.15) is 5.69 Å². The Morgan fingerprint density at radius 3 is 2.82 bits per heavy atom. The number of methoxy groups -OCH3 is 1. The lowest BCUT2D eigenvalue weighted by molar-refractivity contribution is 0.352. The van der Waals surface area contributed by atoms with Gasteiger partial charge in [-0.1, -0.05) is 12.1 Å². The Labute approximate surface area is 98.0 Å². The van der Waals surface area contributed by atoms with Crippen LogP contribution >= 0.6 is 0 Å². The van der Waals surface area contributed by atoms with E-state index in [9.17, 15) is 0 Å². The van der Waals surface area contributed by atoms with Crippen LogP contribution in [-0.4, -0.2) is 27.4 Å². The molecule has 0 saturated carbocycles. The zero-order valence-electron chi connectivity index (χ0n) is 9.62. The number of hydrogen-bond donors (Lipinski definition) is 1. The summed E-state index contributed by atoms with van der Waals surface area (Å²) in [5.41, 5.74) is 6.30. The normalized spacial score (nSPS) is 12.4. The fourth-order valence-electron chi connectivity index (χ4n) is 1.21. The van der Waals surface area contributed by atoms with Crippen molar-refractivity contribution in [2.45, 2.75) is 19.4 Å². The van der Waals surface area contributed by atoms with E-state index in [1.165, 1.54) is 7.11 Å². The molecule has 0 amide bonds. The summed E-state index contributed by atoms with van der Waals surface area (Å²) in [7, 11) is 1.52. The van der Waals surface area contributed by atoms with Crippen molar-refractivity contribution in [3.05, 3.63) is 18.0 Å². The van der Waals surface area contributed by atoms with Gasteiger partial charge in [-0.05, 0) is 12.5 Å². The number of ether oxygens (including phenoxy) is 1. The van der Waals surface area contributed by atoms with Crippen LogP contribution in [0.3, 0.4) is 0 Å². The van der Waals surface area contributed by atoms with Gasteiger partial charge in [0.05, 0.1) is 13.2 Å². The lowest BCUT2D eigenvalue weighted by Gasteiger charge is -1.99. The quantitative estimate of drug-likeness (QED) is 0.841. The van der Waals surface area contributed by atoms with Crippen molar-refractivity contribution in [3.8, 4) is 17.4 Å². The third-order valence-corrected chi connectivity index (χ3v) is 2.28. The van der Waals surface area contributed by atoms with Crippen LogP contribution in [-0.2, 0) is 0 Å². The van der Waals surface area contributed by atoms with Gasteiger partial charge < -0.3 is 15.0 Å². The zero-order chi connectivity index (χ0) is 12.3. The Bertz CT molecular complexity index is 482. The van der Waals surface area contributed by atoms with Crippen LogP contribution in [0, 0.1) is 0 Å². The van der Waals surface area contributed by atoms with Crippen LogP contribution in [0.15, 0.2) is 16.7 Å². The van der Waals surface area contributed by atoms with E-state index in [1.54, 1.807) is 12.1 Å². The molecule has 17 heavy (non-hydrogen) atoms. The molecule has 2 aromatic heterocycles. The lowest BCUT2D eigenvalue weighted by atomic mass is 10.2. The van der Waals surface area contributed by atoms with Crippen LogP contribution in [0.25, 0.3) is 11.5 Å². The summed E-state index contributed by atoms with van der Waals surface area (Å²) in [6.07, 6.45) is 0.732. The van der Waals surface area contributed by atoms with Crippen LogP contribution < -0.4 is 10.5 Å². The van der Waals surface area contributed by atoms with Crippen LogP contribution in [0.1, 0.15) is 25.3 Å². The monoisotopic (exact) mass is 235 g/mol. The molecule has 2 N–H and O–H groups in total. The topological polar surface area (TPSA) is 100.0 Å². The first-order chi connectivity index (χ1) is 8.24. The number of rotatable bonds is 4. The molecule has 2 aromatic rings. The first-order valence-electron chi connectivity index (χ1n) is 5.22. The summed E-state index contributed by atoms with van der Waals surface area (Å²) in [6, 6.07) is 3.14. The van der Waals surface area contributed by atoms with E-state index in [4.69, 9.17) is 15.0 Å². The molecule has 7 nitrogen and oxygen atoms in total. The highest BCUT2D eigenvalue weighted by Gasteiger charge is 2.15. The first-order valence-corrected chi connectivity index (χ1v) is 5.22. The molecule has 0 fully saturated rings. The average molecular weight is 235 g/mol. The van der Waals surface area contributed by atoms with Crippen molar-refractivity contribution >= 4 is 0 Å². The largest absolute Gasteiger partial charge is 0.480 e. The number of hydrogen-bond acceptors (Lipinski definition) is 7. The van der Waals surface area contributed by atoms with Gasteiger partial charge in [-0.2, -0.15) is 4.98 Å². The lowest BCUT2D eigenvalue weighted by Crippen LogP contribution is -2.08. The Balaban J connectivity index is 2.24. The highest BCUT2D eigenvalue weighted by atomic mass is 16.5. The Kier molecular flexibility index (Phi) is 3.29. The minimum absolute atomic E-state index is 0.248. The second-order valence-corrected chi connectivity index (χ2v) is 3.43. The van der Waals surface area contributed by atoms with Crippen molar-refractivity contribution < 1.29 is 9.26 Å². The minimum Gasteiger partial charge on any atom is -0.480 e. The van der Waals surface area contributed by atoms with E-state index in [0.29, 0.717) is 23.3 Å². The Hall–Kier alpha value is -2.02. The van der Waals surface area contributed by atoms with E-state index < -0.39 is 0 Å². The maximum absolute atomic E-state index is 5.78. The van der Waals surface area contributed by atoms with Crippen molar-refractivity contribution in [2.24, 2.45) is 5.73 Å². The Morgan fingerprint density at radius 1 is 1.41 bits per heavy atom. The van der Waals surface area contributed by atoms with Gasteiger partial charge in [-0.3, -0.25) is 0 Å². The summed E-state index contributed by atoms with van der Waals surface area (Å²) >= 11 is 0. The molecular formula is C10H13N5O2. The third kappa shape index (κ3) is 2.39. The van der Waals surface area contributed by atoms with E-state index in [0.717, 1.165) is 6.42 Å². The summed E-state index contributed by atoms with van der Waals surface area (Å²) in [5.74, 6) is 1.21. The van der Waals surface area contributed by atoms with Gasteiger partial charge >= 0.3 is 0 Å². The standard InChI is InChI=1S/C10H13N5O2/c1-3-6(11)10-12-9(15-17-10)7-4-5-8(16-2)14-13-7/h4-6H,3,11H2,1-2H3. The molecule has 0 aromatic carbocycles. The number of aromatic nitrogens is 4. The van der Waals surface area contributed by atoms with Gasteiger partial charge in [-0.15, -0.1) is 10.2 Å². The highest BCUT2D eigenvalue weighted by Crippen LogP contribution is 2.17. The van der Waals surface area contributed by atoms with E-state index in [2.05, 4.69) is 20.3 Å². The van der Waals surface area contributed by atoms with Crippen molar-refractivity contribution in [2.75, 3.05) is 7.11 Å². The maximum atomic E-state index is 5.78. The third-order valence-electron chi connectivity index (χ3n) is 2.28.